The molecule has 0 radical (unpaired) electrons. The van der Waals surface area contributed by atoms with Crippen LogP contribution in [0, 0.1) is 27.7 Å². The van der Waals surface area contributed by atoms with Gasteiger partial charge in [-0.3, -0.25) is 4.79 Å². The third kappa shape index (κ3) is 5.74. The Balaban J connectivity index is 1.53. The van der Waals surface area contributed by atoms with Crippen molar-refractivity contribution >= 4 is 15.9 Å². The maximum absolute atomic E-state index is 12.5. The first-order valence-electron chi connectivity index (χ1n) is 10.2. The molecule has 0 unspecified atom stereocenters. The van der Waals surface area contributed by atoms with Crippen molar-refractivity contribution in [2.45, 2.75) is 39.2 Å². The van der Waals surface area contributed by atoms with Crippen LogP contribution in [0.5, 0.6) is 5.75 Å². The Morgan fingerprint density at radius 2 is 1.84 bits per heavy atom. The van der Waals surface area contributed by atoms with Gasteiger partial charge in [-0.25, -0.2) is 13.1 Å². The van der Waals surface area contributed by atoms with Crippen LogP contribution in [0.2, 0.25) is 0 Å². The van der Waals surface area contributed by atoms with Crippen molar-refractivity contribution in [3.63, 3.8) is 0 Å². The van der Waals surface area contributed by atoms with Gasteiger partial charge in [0.05, 0.1) is 16.2 Å². The first kappa shape index (κ1) is 23.5. The fourth-order valence-electron chi connectivity index (χ4n) is 3.13. The van der Waals surface area contributed by atoms with Gasteiger partial charge in [0.25, 0.3) is 5.91 Å². The normalized spacial score (nSPS) is 11.4. The highest BCUT2D eigenvalue weighted by Gasteiger charge is 2.16. The molecule has 3 rings (SSSR count). The number of benzene rings is 2. The predicted molar refractivity (Wildman–Crippen MR) is 120 cm³/mol. The standard InChI is InChI=1S/C23H27N3O5S/c1-15-8-9-16(2)22(12-15)32(28,29)25-11-10-24-23(27)19-6-5-7-20(13-19)30-14-21-17(3)26-31-18(21)4/h5-9,12-13,25H,10-11,14H2,1-4H3,(H,24,27). The van der Waals surface area contributed by atoms with Crippen LogP contribution in [0.15, 0.2) is 51.9 Å². The van der Waals surface area contributed by atoms with E-state index in [1.54, 1.807) is 43.3 Å². The lowest BCUT2D eigenvalue weighted by atomic mass is 10.2. The topological polar surface area (TPSA) is 111 Å². The molecule has 3 aromatic rings. The number of hydrogen-bond donors (Lipinski definition) is 2. The zero-order chi connectivity index (χ0) is 23.3. The molecule has 0 bridgehead atoms. The van der Waals surface area contributed by atoms with Crippen LogP contribution >= 0.6 is 0 Å². The summed E-state index contributed by atoms with van der Waals surface area (Å²) >= 11 is 0. The van der Waals surface area contributed by atoms with Crippen LogP contribution in [0.3, 0.4) is 0 Å². The second-order valence-electron chi connectivity index (χ2n) is 7.54. The largest absolute Gasteiger partial charge is 0.489 e. The van der Waals surface area contributed by atoms with Gasteiger partial charge >= 0.3 is 0 Å². The number of nitrogens with one attached hydrogen (secondary N) is 2. The number of aryl methyl sites for hydroxylation is 4. The minimum absolute atomic E-state index is 0.0731. The summed E-state index contributed by atoms with van der Waals surface area (Å²) in [6.07, 6.45) is 0. The quantitative estimate of drug-likeness (QED) is 0.478. The van der Waals surface area contributed by atoms with E-state index < -0.39 is 10.0 Å². The van der Waals surface area contributed by atoms with Crippen molar-refractivity contribution in [1.82, 2.24) is 15.2 Å². The van der Waals surface area contributed by atoms with Crippen molar-refractivity contribution in [1.29, 1.82) is 0 Å². The molecule has 2 N–H and O–H groups in total. The van der Waals surface area contributed by atoms with E-state index in [1.807, 2.05) is 26.8 Å². The maximum atomic E-state index is 12.5. The van der Waals surface area contributed by atoms with Crippen molar-refractivity contribution in [2.24, 2.45) is 0 Å². The smallest absolute Gasteiger partial charge is 0.251 e. The van der Waals surface area contributed by atoms with Gasteiger partial charge in [0.1, 0.15) is 18.1 Å². The van der Waals surface area contributed by atoms with Crippen molar-refractivity contribution in [2.75, 3.05) is 13.1 Å². The average Bonchev–Trinajstić information content (AvgIpc) is 3.08. The van der Waals surface area contributed by atoms with Crippen molar-refractivity contribution in [3.8, 4) is 5.75 Å². The Bertz CT molecular complexity index is 1200. The molecular formula is C23H27N3O5S. The second-order valence-corrected chi connectivity index (χ2v) is 9.28. The van der Waals surface area contributed by atoms with Crippen LogP contribution in [-0.4, -0.2) is 32.6 Å². The fraction of sp³-hybridized carbons (Fsp3) is 0.304. The van der Waals surface area contributed by atoms with E-state index >= 15 is 0 Å². The molecule has 2 aromatic carbocycles. The Morgan fingerprint density at radius 1 is 1.06 bits per heavy atom. The number of nitrogens with zero attached hydrogens (tertiary/aromatic N) is 1. The predicted octanol–water partition coefficient (Wildman–Crippen LogP) is 3.20. The lowest BCUT2D eigenvalue weighted by Gasteiger charge is -2.11. The monoisotopic (exact) mass is 457 g/mol. The van der Waals surface area contributed by atoms with E-state index in [4.69, 9.17) is 9.26 Å². The Labute approximate surface area is 188 Å². The zero-order valence-corrected chi connectivity index (χ0v) is 19.4. The summed E-state index contributed by atoms with van der Waals surface area (Å²) in [6, 6.07) is 12.0. The summed E-state index contributed by atoms with van der Waals surface area (Å²) in [6.45, 7) is 7.75. The number of rotatable bonds is 9. The Hall–Kier alpha value is -3.17. The van der Waals surface area contributed by atoms with Gasteiger partial charge < -0.3 is 14.6 Å². The van der Waals surface area contributed by atoms with E-state index in [9.17, 15) is 13.2 Å². The van der Waals surface area contributed by atoms with E-state index in [0.717, 1.165) is 16.8 Å². The molecule has 0 saturated carbocycles. The molecule has 0 spiro atoms. The highest BCUT2D eigenvalue weighted by Crippen LogP contribution is 2.19. The van der Waals surface area contributed by atoms with Gasteiger partial charge in [-0.15, -0.1) is 0 Å². The second kappa shape index (κ2) is 9.97. The lowest BCUT2D eigenvalue weighted by molar-refractivity contribution is 0.0954. The average molecular weight is 458 g/mol. The van der Waals surface area contributed by atoms with Gasteiger partial charge in [0.2, 0.25) is 10.0 Å². The van der Waals surface area contributed by atoms with Gasteiger partial charge in [0, 0.05) is 18.7 Å². The van der Waals surface area contributed by atoms with Crippen LogP contribution in [-0.2, 0) is 16.6 Å². The minimum atomic E-state index is -3.65. The number of carbonyl (C=O) groups is 1. The number of sulfonamides is 1. The number of carbonyl (C=O) groups excluding carboxylic acids is 1. The van der Waals surface area contributed by atoms with Crippen LogP contribution in [0.25, 0.3) is 0 Å². The summed E-state index contributed by atoms with van der Waals surface area (Å²) < 4.78 is 38.5. The minimum Gasteiger partial charge on any atom is -0.489 e. The van der Waals surface area contributed by atoms with Gasteiger partial charge in [0.15, 0.2) is 0 Å². The molecule has 9 heteroatoms. The maximum Gasteiger partial charge on any atom is 0.251 e. The molecule has 0 saturated heterocycles. The molecule has 0 aliphatic heterocycles. The molecule has 0 aliphatic rings. The van der Waals surface area contributed by atoms with Gasteiger partial charge in [-0.1, -0.05) is 23.4 Å². The SMILES string of the molecule is Cc1ccc(C)c(S(=O)(=O)NCCNC(=O)c2cccc(OCc3c(C)noc3C)c2)c1. The zero-order valence-electron chi connectivity index (χ0n) is 18.6. The molecular weight excluding hydrogens is 430 g/mol. The Kier molecular flexibility index (Phi) is 7.32. The Morgan fingerprint density at radius 3 is 2.56 bits per heavy atom. The van der Waals surface area contributed by atoms with Crippen LogP contribution in [0.1, 0.15) is 38.5 Å². The molecule has 0 fully saturated rings. The molecule has 0 atom stereocenters. The van der Waals surface area contributed by atoms with Gasteiger partial charge in [-0.05, 0) is 63.1 Å². The third-order valence-electron chi connectivity index (χ3n) is 5.00. The van der Waals surface area contributed by atoms with Gasteiger partial charge in [-0.2, -0.15) is 0 Å². The fourth-order valence-corrected chi connectivity index (χ4v) is 4.49. The first-order valence-corrected chi connectivity index (χ1v) is 11.7. The molecule has 32 heavy (non-hydrogen) atoms. The number of ether oxygens (including phenoxy) is 1. The summed E-state index contributed by atoms with van der Waals surface area (Å²) in [7, 11) is -3.65. The van der Waals surface area contributed by atoms with E-state index in [1.165, 1.54) is 0 Å². The summed E-state index contributed by atoms with van der Waals surface area (Å²) in [5.74, 6) is 0.909. The summed E-state index contributed by atoms with van der Waals surface area (Å²) in [5.41, 5.74) is 3.58. The molecule has 1 heterocycles. The molecule has 1 aromatic heterocycles. The first-order chi connectivity index (χ1) is 15.2. The lowest BCUT2D eigenvalue weighted by Crippen LogP contribution is -2.35. The summed E-state index contributed by atoms with van der Waals surface area (Å²) in [5, 5.41) is 6.61. The number of hydrogen-bond acceptors (Lipinski definition) is 6. The highest BCUT2D eigenvalue weighted by molar-refractivity contribution is 7.89. The number of aromatic nitrogens is 1. The van der Waals surface area contributed by atoms with Crippen molar-refractivity contribution in [3.05, 3.63) is 76.2 Å². The van der Waals surface area contributed by atoms with E-state index in [-0.39, 0.29) is 30.5 Å². The van der Waals surface area contributed by atoms with Crippen LogP contribution in [0.4, 0.5) is 0 Å². The highest BCUT2D eigenvalue weighted by atomic mass is 32.2. The van der Waals surface area contributed by atoms with Crippen LogP contribution < -0.4 is 14.8 Å². The molecule has 8 nitrogen and oxygen atoms in total. The summed E-state index contributed by atoms with van der Waals surface area (Å²) in [4.78, 5) is 12.7. The molecule has 0 aliphatic carbocycles. The molecule has 1 amide bonds. The van der Waals surface area contributed by atoms with Crippen molar-refractivity contribution < 1.29 is 22.5 Å². The van der Waals surface area contributed by atoms with E-state index in [0.29, 0.717) is 22.6 Å². The number of amides is 1. The molecule has 170 valence electrons. The third-order valence-corrected chi connectivity index (χ3v) is 6.60. The van der Waals surface area contributed by atoms with E-state index in [2.05, 4.69) is 15.2 Å².